The predicted molar refractivity (Wildman–Crippen MR) is 119 cm³/mol. The Morgan fingerprint density at radius 2 is 1.88 bits per heavy atom. The fourth-order valence-electron chi connectivity index (χ4n) is 3.58. The summed E-state index contributed by atoms with van der Waals surface area (Å²) in [5.41, 5.74) is 2.65. The molecular weight excluding hydrogens is 410 g/mol. The van der Waals surface area contributed by atoms with Crippen LogP contribution >= 0.6 is 0 Å². The first-order chi connectivity index (χ1) is 15.6. The van der Waals surface area contributed by atoms with Gasteiger partial charge in [0.2, 0.25) is 0 Å². The van der Waals surface area contributed by atoms with Crippen LogP contribution in [0, 0.1) is 10.1 Å². The molecule has 0 aliphatic carbocycles. The maximum atomic E-state index is 11.1. The average Bonchev–Trinajstić information content (AvgIpc) is 2.83. The van der Waals surface area contributed by atoms with E-state index in [4.69, 9.17) is 18.9 Å². The van der Waals surface area contributed by atoms with E-state index in [1.54, 1.807) is 6.07 Å². The number of nitro benzene ring substituents is 1. The topological polar surface area (TPSA) is 80.1 Å². The fourth-order valence-corrected chi connectivity index (χ4v) is 3.58. The van der Waals surface area contributed by atoms with E-state index in [0.717, 1.165) is 16.7 Å². The van der Waals surface area contributed by atoms with Crippen LogP contribution in [0.5, 0.6) is 11.5 Å². The van der Waals surface area contributed by atoms with Gasteiger partial charge in [-0.15, -0.1) is 0 Å². The number of non-ortho nitro benzene ring substituents is 1. The van der Waals surface area contributed by atoms with Gasteiger partial charge >= 0.3 is 0 Å². The zero-order valence-electron chi connectivity index (χ0n) is 17.8. The summed E-state index contributed by atoms with van der Waals surface area (Å²) in [6, 6.07) is 22.1. The molecule has 4 rings (SSSR count). The Balaban J connectivity index is 1.58. The minimum absolute atomic E-state index is 0.0435. The van der Waals surface area contributed by atoms with E-state index >= 15 is 0 Å². The Morgan fingerprint density at radius 3 is 2.66 bits per heavy atom. The first-order valence-corrected chi connectivity index (χ1v) is 10.5. The van der Waals surface area contributed by atoms with E-state index in [0.29, 0.717) is 31.3 Å². The Labute approximate surface area is 186 Å². The lowest BCUT2D eigenvalue weighted by Crippen LogP contribution is -2.33. The van der Waals surface area contributed by atoms with Gasteiger partial charge in [-0.3, -0.25) is 10.1 Å². The minimum Gasteiger partial charge on any atom is -0.486 e. The summed E-state index contributed by atoms with van der Waals surface area (Å²) in [6.45, 7) is 3.69. The van der Waals surface area contributed by atoms with Crippen LogP contribution in [-0.4, -0.2) is 30.8 Å². The number of fused-ring (bicyclic) bond motifs is 1. The summed E-state index contributed by atoms with van der Waals surface area (Å²) in [5.74, 6) is 1.34. The van der Waals surface area contributed by atoms with Crippen molar-refractivity contribution >= 4 is 5.69 Å². The third-order valence-corrected chi connectivity index (χ3v) is 5.14. The van der Waals surface area contributed by atoms with Crippen molar-refractivity contribution in [2.24, 2.45) is 0 Å². The fraction of sp³-hybridized carbons (Fsp3) is 0.280. The van der Waals surface area contributed by atoms with Crippen LogP contribution in [0.25, 0.3) is 0 Å². The van der Waals surface area contributed by atoms with Crippen LogP contribution in [0.4, 0.5) is 5.69 Å². The molecule has 32 heavy (non-hydrogen) atoms. The molecule has 166 valence electrons. The van der Waals surface area contributed by atoms with E-state index < -0.39 is 4.92 Å². The highest BCUT2D eigenvalue weighted by Crippen LogP contribution is 2.37. The molecule has 1 heterocycles. The molecular formula is C25H25NO6. The lowest BCUT2D eigenvalue weighted by Gasteiger charge is -2.28. The molecule has 0 N–H and O–H groups in total. The van der Waals surface area contributed by atoms with E-state index in [-0.39, 0.29) is 24.5 Å². The molecule has 3 aromatic rings. The second-order valence-electron chi connectivity index (χ2n) is 7.45. The molecule has 0 saturated heterocycles. The molecule has 0 aromatic heterocycles. The molecule has 0 fully saturated rings. The van der Waals surface area contributed by atoms with Crippen molar-refractivity contribution in [3.05, 3.63) is 99.6 Å². The monoisotopic (exact) mass is 435 g/mol. The Hall–Kier alpha value is -3.42. The van der Waals surface area contributed by atoms with E-state index in [9.17, 15) is 10.1 Å². The van der Waals surface area contributed by atoms with Gasteiger partial charge in [0.25, 0.3) is 5.69 Å². The van der Waals surface area contributed by atoms with Gasteiger partial charge in [0.15, 0.2) is 17.6 Å². The van der Waals surface area contributed by atoms with Gasteiger partial charge in [-0.1, -0.05) is 48.5 Å². The quantitative estimate of drug-likeness (QED) is 0.345. The first kappa shape index (κ1) is 21.8. The number of hydrogen-bond acceptors (Lipinski definition) is 6. The van der Waals surface area contributed by atoms with Crippen molar-refractivity contribution in [1.29, 1.82) is 0 Å². The van der Waals surface area contributed by atoms with Crippen molar-refractivity contribution in [2.45, 2.75) is 25.7 Å². The predicted octanol–water partition coefficient (Wildman–Crippen LogP) is 5.08. The molecule has 0 bridgehead atoms. The zero-order valence-corrected chi connectivity index (χ0v) is 17.8. The number of benzene rings is 3. The average molecular weight is 435 g/mol. The SMILES string of the molecule is CCOCC1COc2ccc(C(OCc3cccc([N+](=O)[O-])c3)c3ccccc3)cc2O1. The van der Waals surface area contributed by atoms with Gasteiger partial charge in [0.05, 0.1) is 18.1 Å². The minimum atomic E-state index is -0.405. The van der Waals surface area contributed by atoms with E-state index in [1.807, 2.05) is 61.5 Å². The lowest BCUT2D eigenvalue weighted by molar-refractivity contribution is -0.385. The van der Waals surface area contributed by atoms with Crippen LogP contribution in [0.15, 0.2) is 72.8 Å². The van der Waals surface area contributed by atoms with Crippen LogP contribution in [0.2, 0.25) is 0 Å². The van der Waals surface area contributed by atoms with Gasteiger partial charge in [-0.05, 0) is 35.7 Å². The molecule has 0 spiro atoms. The molecule has 3 aromatic carbocycles. The van der Waals surface area contributed by atoms with Gasteiger partial charge in [0.1, 0.15) is 12.7 Å². The van der Waals surface area contributed by atoms with Crippen LogP contribution in [0.1, 0.15) is 29.7 Å². The highest BCUT2D eigenvalue weighted by molar-refractivity contribution is 5.46. The summed E-state index contributed by atoms with van der Waals surface area (Å²) >= 11 is 0. The third-order valence-electron chi connectivity index (χ3n) is 5.14. The van der Waals surface area contributed by atoms with E-state index in [1.165, 1.54) is 12.1 Å². The Morgan fingerprint density at radius 1 is 1.03 bits per heavy atom. The third kappa shape index (κ3) is 5.25. The van der Waals surface area contributed by atoms with Crippen LogP contribution < -0.4 is 9.47 Å². The van der Waals surface area contributed by atoms with Crippen LogP contribution in [-0.2, 0) is 16.1 Å². The van der Waals surface area contributed by atoms with E-state index in [2.05, 4.69) is 0 Å². The summed E-state index contributed by atoms with van der Waals surface area (Å²) in [6.07, 6.45) is -0.546. The largest absolute Gasteiger partial charge is 0.486 e. The Kier molecular flexibility index (Phi) is 6.99. The molecule has 0 amide bonds. The van der Waals surface area contributed by atoms with Gasteiger partial charge < -0.3 is 18.9 Å². The normalized spacial score (nSPS) is 15.8. The van der Waals surface area contributed by atoms with Crippen molar-refractivity contribution < 1.29 is 23.9 Å². The Bertz CT molecular complexity index is 1060. The van der Waals surface area contributed by atoms with Crippen molar-refractivity contribution in [1.82, 2.24) is 0 Å². The highest BCUT2D eigenvalue weighted by Gasteiger charge is 2.24. The molecule has 2 atom stereocenters. The lowest BCUT2D eigenvalue weighted by atomic mass is 10.0. The standard InChI is InChI=1S/C25H25NO6/c1-2-29-16-22-17-30-23-12-11-20(14-24(23)32-22)25(19-8-4-3-5-9-19)31-15-18-7-6-10-21(13-18)26(27)28/h3-14,22,25H,2,15-17H2,1H3. The number of nitro groups is 1. The smallest absolute Gasteiger partial charge is 0.269 e. The highest BCUT2D eigenvalue weighted by atomic mass is 16.6. The van der Waals surface area contributed by atoms with Gasteiger partial charge in [-0.25, -0.2) is 0 Å². The second-order valence-corrected chi connectivity index (χ2v) is 7.45. The molecule has 2 unspecified atom stereocenters. The second kappa shape index (κ2) is 10.3. The molecule has 0 radical (unpaired) electrons. The van der Waals surface area contributed by atoms with Gasteiger partial charge in [0, 0.05) is 18.7 Å². The maximum absolute atomic E-state index is 11.1. The zero-order chi connectivity index (χ0) is 22.3. The first-order valence-electron chi connectivity index (χ1n) is 10.5. The number of nitrogens with zero attached hydrogens (tertiary/aromatic N) is 1. The number of hydrogen-bond donors (Lipinski definition) is 0. The maximum Gasteiger partial charge on any atom is 0.269 e. The van der Waals surface area contributed by atoms with Crippen molar-refractivity contribution in [2.75, 3.05) is 19.8 Å². The summed E-state index contributed by atoms with van der Waals surface area (Å²) < 4.78 is 23.7. The van der Waals surface area contributed by atoms with Crippen molar-refractivity contribution in [3.8, 4) is 11.5 Å². The summed E-state index contributed by atoms with van der Waals surface area (Å²) in [4.78, 5) is 10.7. The molecule has 1 aliphatic rings. The van der Waals surface area contributed by atoms with Gasteiger partial charge in [-0.2, -0.15) is 0 Å². The summed E-state index contributed by atoms with van der Waals surface area (Å²) in [5, 5.41) is 11.1. The number of rotatable bonds is 9. The molecule has 1 aliphatic heterocycles. The molecule has 0 saturated carbocycles. The summed E-state index contributed by atoms with van der Waals surface area (Å²) in [7, 11) is 0. The van der Waals surface area contributed by atoms with Crippen LogP contribution in [0.3, 0.4) is 0 Å². The van der Waals surface area contributed by atoms with Crippen molar-refractivity contribution in [3.63, 3.8) is 0 Å². The number of ether oxygens (including phenoxy) is 4. The molecule has 7 nitrogen and oxygen atoms in total. The molecule has 7 heteroatoms.